The van der Waals surface area contributed by atoms with Crippen molar-refractivity contribution in [3.05, 3.63) is 0 Å². The van der Waals surface area contributed by atoms with Crippen molar-refractivity contribution < 1.29 is 33.5 Å². The number of esters is 1. The summed E-state index contributed by atoms with van der Waals surface area (Å²) in [4.78, 5) is 28.4. The summed E-state index contributed by atoms with van der Waals surface area (Å²) in [5, 5.41) is 9.36. The van der Waals surface area contributed by atoms with Crippen molar-refractivity contribution in [2.75, 3.05) is 13.2 Å². The number of phosphoric acid groups is 1. The smallest absolute Gasteiger partial charge is 0.463 e. The zero-order chi connectivity index (χ0) is 18.4. The number of carbonyl (C=O) groups excluding carboxylic acids is 1. The van der Waals surface area contributed by atoms with Crippen LogP contribution in [0.2, 0.25) is 0 Å². The predicted octanol–water partition coefficient (Wildman–Crippen LogP) is 3.17. The third kappa shape index (κ3) is 16.4. The number of carbonyl (C=O) groups is 1. The second-order valence-electron chi connectivity index (χ2n) is 6.30. The molecule has 8 heteroatoms. The molecule has 0 aliphatic carbocycles. The van der Waals surface area contributed by atoms with Gasteiger partial charge in [0.15, 0.2) is 0 Å². The van der Waals surface area contributed by atoms with Crippen LogP contribution >= 0.6 is 7.82 Å². The summed E-state index contributed by atoms with van der Waals surface area (Å²) >= 11 is 0. The Morgan fingerprint density at radius 3 is 2.21 bits per heavy atom. The van der Waals surface area contributed by atoms with Crippen molar-refractivity contribution in [3.8, 4) is 0 Å². The van der Waals surface area contributed by atoms with Gasteiger partial charge in [-0.25, -0.2) is 4.57 Å². The number of ether oxygens (including phenoxy) is 1. The lowest BCUT2D eigenvalue weighted by atomic mass is 10.00. The Bertz CT molecular complexity index is 369. The molecule has 0 spiro atoms. The second-order valence-corrected chi connectivity index (χ2v) is 7.54. The van der Waals surface area contributed by atoms with E-state index in [1.54, 1.807) is 0 Å². The van der Waals surface area contributed by atoms with E-state index in [0.717, 1.165) is 25.2 Å². The summed E-state index contributed by atoms with van der Waals surface area (Å²) in [6, 6.07) is 0. The Labute approximate surface area is 145 Å². The van der Waals surface area contributed by atoms with Crippen molar-refractivity contribution in [3.63, 3.8) is 0 Å². The molecule has 0 bridgehead atoms. The van der Waals surface area contributed by atoms with Gasteiger partial charge in [-0.3, -0.25) is 9.32 Å². The average Bonchev–Trinajstić information content (AvgIpc) is 2.52. The molecule has 0 radical (unpaired) electrons. The van der Waals surface area contributed by atoms with Gasteiger partial charge in [0.05, 0.1) is 6.61 Å². The molecule has 0 saturated heterocycles. The van der Waals surface area contributed by atoms with Crippen LogP contribution < -0.4 is 0 Å². The van der Waals surface area contributed by atoms with Crippen LogP contribution in [0.4, 0.5) is 0 Å². The van der Waals surface area contributed by atoms with E-state index in [-0.39, 0.29) is 6.61 Å². The van der Waals surface area contributed by atoms with E-state index >= 15 is 0 Å². The van der Waals surface area contributed by atoms with Crippen LogP contribution in [0.15, 0.2) is 0 Å². The Morgan fingerprint density at radius 1 is 1.04 bits per heavy atom. The van der Waals surface area contributed by atoms with Gasteiger partial charge in [-0.2, -0.15) is 0 Å². The molecule has 2 unspecified atom stereocenters. The zero-order valence-electron chi connectivity index (χ0n) is 14.9. The van der Waals surface area contributed by atoms with E-state index in [9.17, 15) is 14.5 Å². The molecule has 0 amide bonds. The van der Waals surface area contributed by atoms with Crippen molar-refractivity contribution >= 4 is 13.8 Å². The fourth-order valence-corrected chi connectivity index (χ4v) is 2.53. The zero-order valence-corrected chi connectivity index (χ0v) is 15.7. The van der Waals surface area contributed by atoms with Crippen molar-refractivity contribution in [1.82, 2.24) is 0 Å². The first-order valence-electron chi connectivity index (χ1n) is 8.78. The normalized spacial score (nSPS) is 14.4. The van der Waals surface area contributed by atoms with Crippen LogP contribution in [0, 0.1) is 5.92 Å². The third-order valence-electron chi connectivity index (χ3n) is 3.90. The van der Waals surface area contributed by atoms with Crippen LogP contribution in [0.1, 0.15) is 71.6 Å². The number of aliphatic hydroxyl groups is 1. The maximum Gasteiger partial charge on any atom is 0.469 e. The quantitative estimate of drug-likeness (QED) is 0.231. The molecule has 0 fully saturated rings. The number of aliphatic hydroxyl groups excluding tert-OH is 1. The number of hydrogen-bond donors (Lipinski definition) is 3. The number of hydrogen-bond acceptors (Lipinski definition) is 5. The van der Waals surface area contributed by atoms with Crippen LogP contribution in [-0.4, -0.2) is 40.2 Å². The van der Waals surface area contributed by atoms with Crippen molar-refractivity contribution in [2.24, 2.45) is 5.92 Å². The topological polar surface area (TPSA) is 113 Å². The molecule has 0 aliphatic rings. The van der Waals surface area contributed by atoms with E-state index < -0.39 is 26.5 Å². The summed E-state index contributed by atoms with van der Waals surface area (Å²) in [6.45, 7) is 3.59. The van der Waals surface area contributed by atoms with Gasteiger partial charge in [0, 0.05) is 6.42 Å². The first kappa shape index (κ1) is 23.5. The first-order valence-corrected chi connectivity index (χ1v) is 10.3. The van der Waals surface area contributed by atoms with Gasteiger partial charge in [-0.05, 0) is 12.3 Å². The Kier molecular flexibility index (Phi) is 13.5. The van der Waals surface area contributed by atoms with Gasteiger partial charge in [0.2, 0.25) is 0 Å². The lowest BCUT2D eigenvalue weighted by molar-refractivity contribution is -0.147. The van der Waals surface area contributed by atoms with E-state index in [0.29, 0.717) is 6.42 Å². The largest absolute Gasteiger partial charge is 0.469 e. The molecule has 24 heavy (non-hydrogen) atoms. The highest BCUT2D eigenvalue weighted by atomic mass is 31.2. The summed E-state index contributed by atoms with van der Waals surface area (Å²) in [7, 11) is -4.61. The van der Waals surface area contributed by atoms with Crippen LogP contribution in [0.25, 0.3) is 0 Å². The van der Waals surface area contributed by atoms with Gasteiger partial charge in [-0.15, -0.1) is 0 Å². The monoisotopic (exact) mass is 368 g/mol. The number of phosphoric ester groups is 1. The van der Waals surface area contributed by atoms with E-state index in [1.165, 1.54) is 32.1 Å². The average molecular weight is 368 g/mol. The highest BCUT2D eigenvalue weighted by Crippen LogP contribution is 2.35. The molecule has 0 aromatic rings. The Balaban J connectivity index is 3.45. The molecule has 2 atom stereocenters. The van der Waals surface area contributed by atoms with Crippen LogP contribution in [0.3, 0.4) is 0 Å². The fraction of sp³-hybridized carbons (Fsp3) is 0.938. The minimum Gasteiger partial charge on any atom is -0.463 e. The summed E-state index contributed by atoms with van der Waals surface area (Å²) in [5.74, 6) is 0.393. The van der Waals surface area contributed by atoms with Gasteiger partial charge >= 0.3 is 13.8 Å². The standard InChI is InChI=1S/C16H33O7P/c1-3-14(2)10-8-6-4-5-7-9-11-16(18)22-12-15(17)13-23-24(19,20)21/h14-15,17H,3-13H2,1-2H3,(H2,19,20,21). The highest BCUT2D eigenvalue weighted by molar-refractivity contribution is 7.46. The molecular weight excluding hydrogens is 335 g/mol. The molecule has 0 rings (SSSR count). The van der Waals surface area contributed by atoms with Crippen LogP contribution in [-0.2, 0) is 18.6 Å². The maximum absolute atomic E-state index is 11.5. The van der Waals surface area contributed by atoms with Gasteiger partial charge in [0.1, 0.15) is 12.7 Å². The van der Waals surface area contributed by atoms with Gasteiger partial charge < -0.3 is 19.6 Å². The van der Waals surface area contributed by atoms with Gasteiger partial charge in [0.25, 0.3) is 0 Å². The molecule has 0 aromatic heterocycles. The van der Waals surface area contributed by atoms with Crippen molar-refractivity contribution in [1.29, 1.82) is 0 Å². The van der Waals surface area contributed by atoms with E-state index in [1.807, 2.05) is 0 Å². The third-order valence-corrected chi connectivity index (χ3v) is 4.38. The predicted molar refractivity (Wildman–Crippen MR) is 91.4 cm³/mol. The lowest BCUT2D eigenvalue weighted by Gasteiger charge is -2.12. The first-order chi connectivity index (χ1) is 11.2. The summed E-state index contributed by atoms with van der Waals surface area (Å²) < 4.78 is 19.4. The van der Waals surface area contributed by atoms with Crippen molar-refractivity contribution in [2.45, 2.75) is 77.7 Å². The molecule has 144 valence electrons. The molecule has 0 heterocycles. The summed E-state index contributed by atoms with van der Waals surface area (Å²) in [5.41, 5.74) is 0. The minimum absolute atomic E-state index is 0.291. The molecule has 7 nitrogen and oxygen atoms in total. The molecule has 3 N–H and O–H groups in total. The molecule has 0 aliphatic heterocycles. The highest BCUT2D eigenvalue weighted by Gasteiger charge is 2.17. The van der Waals surface area contributed by atoms with E-state index in [4.69, 9.17) is 14.5 Å². The molecule has 0 saturated carbocycles. The molecular formula is C16H33O7P. The van der Waals surface area contributed by atoms with E-state index in [2.05, 4.69) is 18.4 Å². The van der Waals surface area contributed by atoms with Gasteiger partial charge in [-0.1, -0.05) is 58.8 Å². The number of rotatable bonds is 15. The van der Waals surface area contributed by atoms with Crippen LogP contribution in [0.5, 0.6) is 0 Å². The molecule has 0 aromatic carbocycles. The lowest BCUT2D eigenvalue weighted by Crippen LogP contribution is -2.23. The maximum atomic E-state index is 11.5. The summed E-state index contributed by atoms with van der Waals surface area (Å²) in [6.07, 6.45) is 8.09. The Hall–Kier alpha value is -0.460. The Morgan fingerprint density at radius 2 is 1.62 bits per heavy atom. The SMILES string of the molecule is CCC(C)CCCCCCCCC(=O)OCC(O)COP(=O)(O)O. The number of unbranched alkanes of at least 4 members (excludes halogenated alkanes) is 5. The minimum atomic E-state index is -4.61. The fourth-order valence-electron chi connectivity index (χ4n) is 2.17. The second kappa shape index (κ2) is 13.8.